The van der Waals surface area contributed by atoms with Crippen molar-refractivity contribution in [3.63, 3.8) is 0 Å². The van der Waals surface area contributed by atoms with Crippen LogP contribution in [0.2, 0.25) is 10.0 Å². The van der Waals surface area contributed by atoms with Gasteiger partial charge < -0.3 is 15.2 Å². The number of thioether (sulfide) groups is 1. The molecular formula is C13H15Cl2NO4S. The summed E-state index contributed by atoms with van der Waals surface area (Å²) in [5.41, 5.74) is 0.182. The molecule has 1 aromatic carbocycles. The van der Waals surface area contributed by atoms with Gasteiger partial charge in [-0.1, -0.05) is 23.2 Å². The van der Waals surface area contributed by atoms with Crippen molar-refractivity contribution >= 4 is 46.8 Å². The minimum absolute atomic E-state index is 0.182. The Hall–Kier alpha value is -1.11. The number of methoxy groups -OCH3 is 1. The molecule has 21 heavy (non-hydrogen) atoms. The van der Waals surface area contributed by atoms with Crippen LogP contribution in [0.4, 0.5) is 0 Å². The van der Waals surface area contributed by atoms with Gasteiger partial charge in [0.15, 0.2) is 5.75 Å². The first-order valence-corrected chi connectivity index (χ1v) is 8.11. The lowest BCUT2D eigenvalue weighted by molar-refractivity contribution is -0.139. The quantitative estimate of drug-likeness (QED) is 0.789. The van der Waals surface area contributed by atoms with Gasteiger partial charge in [0, 0.05) is 5.56 Å². The van der Waals surface area contributed by atoms with E-state index < -0.39 is 17.9 Å². The van der Waals surface area contributed by atoms with Crippen LogP contribution in [0.3, 0.4) is 0 Å². The molecule has 0 heterocycles. The van der Waals surface area contributed by atoms with Crippen LogP contribution >= 0.6 is 35.0 Å². The van der Waals surface area contributed by atoms with E-state index in [1.165, 1.54) is 31.0 Å². The van der Waals surface area contributed by atoms with Crippen LogP contribution in [0.15, 0.2) is 12.1 Å². The fourth-order valence-corrected chi connectivity index (χ4v) is 2.73. The number of carbonyl (C=O) groups excluding carboxylic acids is 1. The van der Waals surface area contributed by atoms with Crippen molar-refractivity contribution < 1.29 is 19.4 Å². The molecule has 5 nitrogen and oxygen atoms in total. The summed E-state index contributed by atoms with van der Waals surface area (Å²) in [6, 6.07) is 1.81. The number of carboxylic acids is 1. The third-order valence-electron chi connectivity index (χ3n) is 2.68. The van der Waals surface area contributed by atoms with Gasteiger partial charge in [0.25, 0.3) is 5.91 Å². The van der Waals surface area contributed by atoms with Crippen molar-refractivity contribution in [3.05, 3.63) is 27.7 Å². The maximum absolute atomic E-state index is 12.1. The van der Waals surface area contributed by atoms with E-state index in [9.17, 15) is 9.59 Å². The van der Waals surface area contributed by atoms with E-state index in [0.29, 0.717) is 12.2 Å². The number of hydrogen-bond donors (Lipinski definition) is 2. The summed E-state index contributed by atoms with van der Waals surface area (Å²) < 4.78 is 4.99. The highest BCUT2D eigenvalue weighted by molar-refractivity contribution is 7.98. The molecule has 0 bridgehead atoms. The van der Waals surface area contributed by atoms with E-state index >= 15 is 0 Å². The molecule has 2 N–H and O–H groups in total. The van der Waals surface area contributed by atoms with Crippen LogP contribution in [0, 0.1) is 0 Å². The average molecular weight is 352 g/mol. The molecule has 0 saturated carbocycles. The molecule has 0 saturated heterocycles. The summed E-state index contributed by atoms with van der Waals surface area (Å²) in [4.78, 5) is 23.2. The van der Waals surface area contributed by atoms with Gasteiger partial charge in [-0.3, -0.25) is 4.79 Å². The van der Waals surface area contributed by atoms with Crippen LogP contribution in [-0.4, -0.2) is 42.1 Å². The van der Waals surface area contributed by atoms with Gasteiger partial charge in [0.1, 0.15) is 6.04 Å². The zero-order valence-corrected chi connectivity index (χ0v) is 13.8. The van der Waals surface area contributed by atoms with Crippen molar-refractivity contribution in [2.24, 2.45) is 0 Å². The van der Waals surface area contributed by atoms with Gasteiger partial charge in [-0.05, 0) is 30.6 Å². The lowest BCUT2D eigenvalue weighted by atomic mass is 10.1. The summed E-state index contributed by atoms with van der Waals surface area (Å²) >= 11 is 13.4. The summed E-state index contributed by atoms with van der Waals surface area (Å²) in [5.74, 6) is -0.730. The fraction of sp³-hybridized carbons (Fsp3) is 0.385. The number of ether oxygens (including phenoxy) is 1. The van der Waals surface area contributed by atoms with E-state index in [0.717, 1.165) is 0 Å². The Morgan fingerprint density at radius 3 is 2.38 bits per heavy atom. The number of hydrogen-bond acceptors (Lipinski definition) is 4. The molecule has 0 unspecified atom stereocenters. The predicted octanol–water partition coefficient (Wildman–Crippen LogP) is 2.94. The predicted molar refractivity (Wildman–Crippen MR) is 84.9 cm³/mol. The SMILES string of the molecule is COc1c(Cl)cc(C(=O)N[C@H](CCSC)C(=O)O)cc1Cl. The third kappa shape index (κ3) is 4.98. The first kappa shape index (κ1) is 17.9. The summed E-state index contributed by atoms with van der Waals surface area (Å²) in [6.07, 6.45) is 2.20. The Morgan fingerprint density at radius 2 is 1.95 bits per heavy atom. The molecule has 0 aliphatic heterocycles. The second kappa shape index (κ2) is 8.36. The molecule has 8 heteroatoms. The minimum atomic E-state index is -1.08. The molecule has 1 rings (SSSR count). The van der Waals surface area contributed by atoms with Gasteiger partial charge >= 0.3 is 5.97 Å². The third-order valence-corrected chi connectivity index (χ3v) is 3.88. The van der Waals surface area contributed by atoms with Crippen LogP contribution in [0.25, 0.3) is 0 Å². The topological polar surface area (TPSA) is 75.6 Å². The molecule has 116 valence electrons. The first-order valence-electron chi connectivity index (χ1n) is 5.96. The van der Waals surface area contributed by atoms with Crippen LogP contribution in [0.1, 0.15) is 16.8 Å². The van der Waals surface area contributed by atoms with Crippen LogP contribution in [-0.2, 0) is 4.79 Å². The number of rotatable bonds is 7. The molecule has 0 spiro atoms. The smallest absolute Gasteiger partial charge is 0.326 e. The van der Waals surface area contributed by atoms with Gasteiger partial charge in [0.2, 0.25) is 0 Å². The van der Waals surface area contributed by atoms with Crippen molar-refractivity contribution in [2.45, 2.75) is 12.5 Å². The minimum Gasteiger partial charge on any atom is -0.494 e. The van der Waals surface area contributed by atoms with Gasteiger partial charge in [-0.25, -0.2) is 4.79 Å². The maximum Gasteiger partial charge on any atom is 0.326 e. The number of halogens is 2. The Morgan fingerprint density at radius 1 is 1.38 bits per heavy atom. The van der Waals surface area contributed by atoms with Crippen molar-refractivity contribution in [3.8, 4) is 5.75 Å². The standard InChI is InChI=1S/C13H15Cl2NO4S/c1-20-11-8(14)5-7(6-9(11)15)12(17)16-10(13(18)19)3-4-21-2/h5-6,10H,3-4H2,1-2H3,(H,16,17)(H,18,19)/t10-/m1/s1. The highest BCUT2D eigenvalue weighted by Gasteiger charge is 2.21. The Balaban J connectivity index is 2.90. The molecule has 0 aromatic heterocycles. The molecule has 0 aliphatic rings. The van der Waals surface area contributed by atoms with Gasteiger partial charge in [-0.2, -0.15) is 11.8 Å². The molecule has 1 atom stereocenters. The van der Waals surface area contributed by atoms with Gasteiger partial charge in [-0.15, -0.1) is 0 Å². The Kier molecular flexibility index (Phi) is 7.14. The molecular weight excluding hydrogens is 337 g/mol. The molecule has 1 aromatic rings. The Labute approximate surface area is 136 Å². The highest BCUT2D eigenvalue weighted by atomic mass is 35.5. The van der Waals surface area contributed by atoms with E-state index in [1.807, 2.05) is 6.26 Å². The number of nitrogens with one attached hydrogen (secondary N) is 1. The summed E-state index contributed by atoms with van der Waals surface area (Å²) in [6.45, 7) is 0. The number of amides is 1. The maximum atomic E-state index is 12.1. The van der Waals surface area contributed by atoms with E-state index in [-0.39, 0.29) is 21.4 Å². The second-order valence-electron chi connectivity index (χ2n) is 4.12. The molecule has 0 aliphatic carbocycles. The number of carboxylic acid groups (broad SMARTS) is 1. The van der Waals surface area contributed by atoms with E-state index in [4.69, 9.17) is 33.0 Å². The van der Waals surface area contributed by atoms with E-state index in [2.05, 4.69) is 5.32 Å². The molecule has 1 amide bonds. The van der Waals surface area contributed by atoms with E-state index in [1.54, 1.807) is 0 Å². The number of benzene rings is 1. The van der Waals surface area contributed by atoms with Gasteiger partial charge in [0.05, 0.1) is 17.2 Å². The van der Waals surface area contributed by atoms with Crippen LogP contribution < -0.4 is 10.1 Å². The number of carbonyl (C=O) groups is 2. The zero-order valence-electron chi connectivity index (χ0n) is 11.5. The van der Waals surface area contributed by atoms with Crippen molar-refractivity contribution in [1.82, 2.24) is 5.32 Å². The lowest BCUT2D eigenvalue weighted by Crippen LogP contribution is -2.41. The summed E-state index contributed by atoms with van der Waals surface area (Å²) in [5, 5.41) is 11.9. The largest absolute Gasteiger partial charge is 0.494 e. The molecule has 0 fully saturated rings. The van der Waals surface area contributed by atoms with Crippen molar-refractivity contribution in [2.75, 3.05) is 19.1 Å². The Bertz CT molecular complexity index is 516. The second-order valence-corrected chi connectivity index (χ2v) is 5.92. The highest BCUT2D eigenvalue weighted by Crippen LogP contribution is 2.33. The lowest BCUT2D eigenvalue weighted by Gasteiger charge is -2.15. The van der Waals surface area contributed by atoms with Crippen LogP contribution in [0.5, 0.6) is 5.75 Å². The zero-order chi connectivity index (χ0) is 16.0. The number of aliphatic carboxylic acids is 1. The normalized spacial score (nSPS) is 11.8. The first-order chi connectivity index (χ1) is 9.90. The fourth-order valence-electron chi connectivity index (χ4n) is 1.62. The van der Waals surface area contributed by atoms with Crippen molar-refractivity contribution in [1.29, 1.82) is 0 Å². The average Bonchev–Trinajstić information content (AvgIpc) is 2.42. The molecule has 0 radical (unpaired) electrons. The monoisotopic (exact) mass is 351 g/mol. The summed E-state index contributed by atoms with van der Waals surface area (Å²) in [7, 11) is 1.41.